The molecule has 1 N–H and O–H groups in total. The van der Waals surface area contributed by atoms with Crippen LogP contribution in [0.3, 0.4) is 0 Å². The van der Waals surface area contributed by atoms with Crippen molar-refractivity contribution in [2.24, 2.45) is 0 Å². The molecular weight excluding hydrogens is 256 g/mol. The van der Waals surface area contributed by atoms with Gasteiger partial charge in [-0.3, -0.25) is 4.55 Å². The summed E-state index contributed by atoms with van der Waals surface area (Å²) < 4.78 is 56.2. The number of hydrogen-bond donors (Lipinski definition) is 1. The molecule has 2 unspecified atom stereocenters. The zero-order chi connectivity index (χ0) is 12.1. The Hall–Kier alpha value is -0.220. The van der Waals surface area contributed by atoms with Gasteiger partial charge in [-0.25, -0.2) is 8.42 Å². The molecule has 9 heteroatoms. The Bertz CT molecular complexity index is 471. The third-order valence-electron chi connectivity index (χ3n) is 3.09. The Morgan fingerprint density at radius 2 is 1.50 bits per heavy atom. The molecule has 2 rings (SSSR count). The van der Waals surface area contributed by atoms with E-state index in [1.54, 1.807) is 0 Å². The van der Waals surface area contributed by atoms with Crippen LogP contribution in [0.25, 0.3) is 0 Å². The van der Waals surface area contributed by atoms with Gasteiger partial charge in [-0.1, -0.05) is 0 Å². The average Bonchev–Trinajstić information content (AvgIpc) is 2.35. The molecule has 0 spiro atoms. The van der Waals surface area contributed by atoms with Gasteiger partial charge in [-0.05, 0) is 12.8 Å². The summed E-state index contributed by atoms with van der Waals surface area (Å²) in [7, 11) is -7.51. The van der Waals surface area contributed by atoms with Crippen molar-refractivity contribution < 1.29 is 21.4 Å². The molecule has 7 nitrogen and oxygen atoms in total. The zero-order valence-corrected chi connectivity index (χ0v) is 10.4. The summed E-state index contributed by atoms with van der Waals surface area (Å²) >= 11 is 0. The number of fused-ring (bicyclic) bond motifs is 2. The monoisotopic (exact) mass is 270 g/mol. The van der Waals surface area contributed by atoms with Crippen molar-refractivity contribution in [2.45, 2.75) is 24.9 Å². The molecule has 2 heterocycles. The van der Waals surface area contributed by atoms with Crippen LogP contribution in [0.2, 0.25) is 0 Å². The SMILES string of the molecule is CS(=O)(=O)N1C2CCC1CN(S(=O)(=O)O)C2. The highest BCUT2D eigenvalue weighted by Gasteiger charge is 2.47. The van der Waals surface area contributed by atoms with Gasteiger partial charge in [0, 0.05) is 25.2 Å². The minimum Gasteiger partial charge on any atom is -0.273 e. The number of hydrogen-bond acceptors (Lipinski definition) is 4. The van der Waals surface area contributed by atoms with Crippen LogP contribution in [0.5, 0.6) is 0 Å². The quantitative estimate of drug-likeness (QED) is 0.642. The molecule has 2 saturated heterocycles. The lowest BCUT2D eigenvalue weighted by molar-refractivity contribution is 0.185. The van der Waals surface area contributed by atoms with Crippen LogP contribution >= 0.6 is 0 Å². The van der Waals surface area contributed by atoms with Gasteiger partial charge in [0.2, 0.25) is 10.0 Å². The summed E-state index contributed by atoms with van der Waals surface area (Å²) in [4.78, 5) is 0. The molecule has 0 radical (unpaired) electrons. The van der Waals surface area contributed by atoms with Crippen LogP contribution in [0.1, 0.15) is 12.8 Å². The largest absolute Gasteiger partial charge is 0.336 e. The van der Waals surface area contributed by atoms with Gasteiger partial charge >= 0.3 is 10.3 Å². The number of nitrogens with zero attached hydrogens (tertiary/aromatic N) is 2. The molecular formula is C7H14N2O5S2. The predicted octanol–water partition coefficient (Wildman–Crippen LogP) is -1.10. The fraction of sp³-hybridized carbons (Fsp3) is 1.00. The third kappa shape index (κ3) is 2.09. The Balaban J connectivity index is 2.26. The highest BCUT2D eigenvalue weighted by Crippen LogP contribution is 2.32. The van der Waals surface area contributed by atoms with E-state index in [4.69, 9.17) is 4.55 Å². The molecule has 2 aliphatic rings. The topological polar surface area (TPSA) is 95.0 Å². The minimum absolute atomic E-state index is 0.0441. The maximum atomic E-state index is 11.5. The molecule has 0 saturated carbocycles. The Kier molecular flexibility index (Phi) is 2.78. The highest BCUT2D eigenvalue weighted by molar-refractivity contribution is 7.88. The summed E-state index contributed by atoms with van der Waals surface area (Å²) in [6.45, 7) is 0.0881. The highest BCUT2D eigenvalue weighted by atomic mass is 32.2. The fourth-order valence-corrected chi connectivity index (χ4v) is 4.70. The van der Waals surface area contributed by atoms with Crippen LogP contribution in [0.4, 0.5) is 0 Å². The summed E-state index contributed by atoms with van der Waals surface area (Å²) in [5.74, 6) is 0. The molecule has 0 aromatic carbocycles. The zero-order valence-electron chi connectivity index (χ0n) is 8.77. The van der Waals surface area contributed by atoms with Gasteiger partial charge in [0.25, 0.3) is 0 Å². The van der Waals surface area contributed by atoms with E-state index >= 15 is 0 Å². The van der Waals surface area contributed by atoms with Gasteiger partial charge in [-0.2, -0.15) is 17.0 Å². The number of sulfonamides is 1. The first-order chi connectivity index (χ1) is 7.19. The van der Waals surface area contributed by atoms with Crippen molar-refractivity contribution in [1.82, 2.24) is 8.61 Å². The molecule has 2 bridgehead atoms. The second-order valence-electron chi connectivity index (χ2n) is 4.27. The summed E-state index contributed by atoms with van der Waals surface area (Å²) in [5.41, 5.74) is 0. The van der Waals surface area contributed by atoms with E-state index in [0.717, 1.165) is 10.6 Å². The van der Waals surface area contributed by atoms with Gasteiger partial charge in [-0.15, -0.1) is 0 Å². The van der Waals surface area contributed by atoms with E-state index in [2.05, 4.69) is 0 Å². The standard InChI is InChI=1S/C7H14N2O5S2/c1-15(10,11)9-6-2-3-7(9)5-8(4-6)16(12,13)14/h6-7H,2-5H2,1H3,(H,12,13,14). The number of piperazine rings is 1. The molecule has 0 aromatic heterocycles. The van der Waals surface area contributed by atoms with E-state index in [1.807, 2.05) is 0 Å². The molecule has 94 valence electrons. The lowest BCUT2D eigenvalue weighted by Crippen LogP contribution is -2.56. The fourth-order valence-electron chi connectivity index (χ4n) is 2.56. The first kappa shape index (κ1) is 12.2. The van der Waals surface area contributed by atoms with Gasteiger partial charge in [0.15, 0.2) is 0 Å². The first-order valence-electron chi connectivity index (χ1n) is 4.90. The van der Waals surface area contributed by atoms with E-state index < -0.39 is 20.3 Å². The molecule has 0 aliphatic carbocycles. The van der Waals surface area contributed by atoms with Crippen LogP contribution in [-0.2, 0) is 20.3 Å². The van der Waals surface area contributed by atoms with Crippen molar-refractivity contribution in [1.29, 1.82) is 0 Å². The smallest absolute Gasteiger partial charge is 0.273 e. The van der Waals surface area contributed by atoms with Gasteiger partial charge in [0.05, 0.1) is 6.26 Å². The van der Waals surface area contributed by atoms with Crippen molar-refractivity contribution >= 4 is 20.3 Å². The molecule has 0 aromatic rings. The number of rotatable bonds is 2. The van der Waals surface area contributed by atoms with E-state index in [9.17, 15) is 16.8 Å². The predicted molar refractivity (Wildman–Crippen MR) is 56.6 cm³/mol. The summed E-state index contributed by atoms with van der Waals surface area (Å²) in [6, 6.07) is -0.675. The molecule has 16 heavy (non-hydrogen) atoms. The second kappa shape index (κ2) is 3.64. The average molecular weight is 270 g/mol. The van der Waals surface area contributed by atoms with Crippen molar-refractivity contribution in [3.05, 3.63) is 0 Å². The van der Waals surface area contributed by atoms with Crippen LogP contribution in [0.15, 0.2) is 0 Å². The molecule has 0 amide bonds. The molecule has 2 atom stereocenters. The third-order valence-corrected chi connectivity index (χ3v) is 5.40. The van der Waals surface area contributed by atoms with Gasteiger partial charge < -0.3 is 0 Å². The summed E-state index contributed by atoms with van der Waals surface area (Å²) in [5, 5.41) is 0. The Morgan fingerprint density at radius 3 is 1.81 bits per heavy atom. The van der Waals surface area contributed by atoms with E-state index in [0.29, 0.717) is 12.8 Å². The van der Waals surface area contributed by atoms with E-state index in [-0.39, 0.29) is 25.2 Å². The van der Waals surface area contributed by atoms with Crippen LogP contribution < -0.4 is 0 Å². The maximum Gasteiger partial charge on any atom is 0.336 e. The summed E-state index contributed by atoms with van der Waals surface area (Å²) in [6.07, 6.45) is 2.41. The molecule has 2 aliphatic heterocycles. The lowest BCUT2D eigenvalue weighted by Gasteiger charge is -2.37. The van der Waals surface area contributed by atoms with Crippen LogP contribution in [0, 0.1) is 0 Å². The lowest BCUT2D eigenvalue weighted by atomic mass is 10.2. The Labute approximate surface area is 95.0 Å². The Morgan fingerprint density at radius 1 is 1.06 bits per heavy atom. The van der Waals surface area contributed by atoms with E-state index in [1.165, 1.54) is 4.31 Å². The maximum absolute atomic E-state index is 11.5. The first-order valence-corrected chi connectivity index (χ1v) is 8.15. The normalized spacial score (nSPS) is 33.1. The molecule has 2 fully saturated rings. The van der Waals surface area contributed by atoms with Crippen molar-refractivity contribution in [3.63, 3.8) is 0 Å². The second-order valence-corrected chi connectivity index (χ2v) is 7.57. The van der Waals surface area contributed by atoms with Crippen molar-refractivity contribution in [3.8, 4) is 0 Å². The van der Waals surface area contributed by atoms with Crippen LogP contribution in [-0.4, -0.2) is 61.4 Å². The minimum atomic E-state index is -4.21. The van der Waals surface area contributed by atoms with Gasteiger partial charge in [0.1, 0.15) is 0 Å². The van der Waals surface area contributed by atoms with Crippen molar-refractivity contribution in [2.75, 3.05) is 19.3 Å².